The summed E-state index contributed by atoms with van der Waals surface area (Å²) in [5.74, 6) is 0. The number of aromatic nitrogens is 1. The quantitative estimate of drug-likeness (QED) is 0.426. The van der Waals surface area contributed by atoms with Gasteiger partial charge >= 0.3 is 31.1 Å². The van der Waals surface area contributed by atoms with E-state index in [0.29, 0.717) is 0 Å². The van der Waals surface area contributed by atoms with Gasteiger partial charge in [0.15, 0.2) is 12.4 Å². The highest BCUT2D eigenvalue weighted by molar-refractivity contribution is 8.05. The van der Waals surface area contributed by atoms with Gasteiger partial charge in [0.2, 0.25) is 0 Å². The van der Waals surface area contributed by atoms with Crippen molar-refractivity contribution in [3.8, 4) is 0 Å². The molecule has 152 valence electrons. The number of alkyl halides is 6. The first-order chi connectivity index (χ1) is 11.6. The minimum atomic E-state index is -6.60. The van der Waals surface area contributed by atoms with Crippen molar-refractivity contribution >= 4 is 20.0 Å². The molecule has 0 radical (unpaired) electrons. The summed E-state index contributed by atoms with van der Waals surface area (Å²) in [5, 5.41) is 0. The number of aryl methyl sites for hydroxylation is 1. The van der Waals surface area contributed by atoms with Gasteiger partial charge in [0.05, 0.1) is 0 Å². The molecular formula is C12H17F6N2O4S2+. The predicted octanol–water partition coefficient (Wildman–Crippen LogP) is 2.44. The van der Waals surface area contributed by atoms with Crippen LogP contribution in [-0.4, -0.2) is 27.9 Å². The van der Waals surface area contributed by atoms with E-state index in [1.165, 1.54) is 19.3 Å². The fraction of sp³-hybridized carbons (Fsp3) is 0.583. The lowest BCUT2D eigenvalue weighted by Gasteiger charge is -2.11. The summed E-state index contributed by atoms with van der Waals surface area (Å²) in [6.45, 7) is 3.39. The largest absolute Gasteiger partial charge is 0.512 e. The number of unbranched alkanes of at least 4 members (excludes halogenated alkanes) is 2. The van der Waals surface area contributed by atoms with Crippen LogP contribution in [0, 0.1) is 0 Å². The summed E-state index contributed by atoms with van der Waals surface area (Å²) in [4.78, 5) is 0. The highest BCUT2D eigenvalue weighted by atomic mass is 32.3. The van der Waals surface area contributed by atoms with E-state index in [4.69, 9.17) is 0 Å². The van der Waals surface area contributed by atoms with Crippen LogP contribution in [0.5, 0.6) is 0 Å². The fourth-order valence-electron chi connectivity index (χ4n) is 1.37. The highest BCUT2D eigenvalue weighted by Crippen LogP contribution is 2.27. The van der Waals surface area contributed by atoms with E-state index >= 15 is 0 Å². The van der Waals surface area contributed by atoms with Gasteiger partial charge in [-0.3, -0.25) is 0 Å². The number of hydrogen-bond acceptors (Lipinski definition) is 4. The zero-order valence-electron chi connectivity index (χ0n) is 13.4. The third-order valence-electron chi connectivity index (χ3n) is 2.63. The van der Waals surface area contributed by atoms with Crippen molar-refractivity contribution in [3.05, 3.63) is 30.6 Å². The van der Waals surface area contributed by atoms with Crippen molar-refractivity contribution in [3.63, 3.8) is 0 Å². The first kappa shape index (κ1) is 24.6. The molecule has 1 heterocycles. The summed E-state index contributed by atoms with van der Waals surface area (Å²) in [6.07, 6.45) is 8.17. The number of hydrogen-bond donors (Lipinski definition) is 1. The average molecular weight is 431 g/mol. The maximum atomic E-state index is 11.5. The Balaban J connectivity index is 0.000000502. The van der Waals surface area contributed by atoms with E-state index in [1.807, 2.05) is 0 Å². The first-order valence-electron chi connectivity index (χ1n) is 6.99. The Labute approximate surface area is 146 Å². The molecule has 0 spiro atoms. The molecule has 0 fully saturated rings. The Morgan fingerprint density at radius 2 is 1.23 bits per heavy atom. The molecule has 0 saturated carbocycles. The van der Waals surface area contributed by atoms with Crippen LogP contribution in [0.1, 0.15) is 26.2 Å². The first-order valence-corrected chi connectivity index (χ1v) is 9.96. The second-order valence-corrected chi connectivity index (χ2v) is 8.41. The predicted molar refractivity (Wildman–Crippen MR) is 79.2 cm³/mol. The van der Waals surface area contributed by atoms with E-state index in [9.17, 15) is 43.2 Å². The highest BCUT2D eigenvalue weighted by Gasteiger charge is 2.55. The molecule has 0 bridgehead atoms. The van der Waals surface area contributed by atoms with Crippen LogP contribution in [0.25, 0.3) is 0 Å². The molecule has 1 N–H and O–H groups in total. The third kappa shape index (κ3) is 8.31. The molecule has 1 aromatic rings. The average Bonchev–Trinajstić information content (AvgIpc) is 2.46. The van der Waals surface area contributed by atoms with Gasteiger partial charge < -0.3 is 0 Å². The Morgan fingerprint density at radius 3 is 1.58 bits per heavy atom. The van der Waals surface area contributed by atoms with E-state index in [1.54, 1.807) is 0 Å². The van der Waals surface area contributed by atoms with Gasteiger partial charge in [-0.2, -0.15) is 26.3 Å². The summed E-state index contributed by atoms with van der Waals surface area (Å²) in [5.41, 5.74) is -12.3. The fourth-order valence-corrected chi connectivity index (χ4v) is 3.28. The molecule has 0 saturated heterocycles. The van der Waals surface area contributed by atoms with Gasteiger partial charge in [0.1, 0.15) is 6.54 Å². The molecule has 0 aliphatic carbocycles. The van der Waals surface area contributed by atoms with Crippen molar-refractivity contribution < 1.29 is 47.7 Å². The van der Waals surface area contributed by atoms with Gasteiger partial charge in [-0.05, 0) is 6.42 Å². The van der Waals surface area contributed by atoms with Crippen molar-refractivity contribution in [2.45, 2.75) is 43.7 Å². The number of nitrogens with one attached hydrogen (secondary N) is 1. The van der Waals surface area contributed by atoms with Gasteiger partial charge in [-0.15, -0.1) is 0 Å². The van der Waals surface area contributed by atoms with Crippen molar-refractivity contribution in [2.75, 3.05) is 0 Å². The molecule has 0 atom stereocenters. The second kappa shape index (κ2) is 9.50. The van der Waals surface area contributed by atoms with E-state index in [0.717, 1.165) is 6.54 Å². The lowest BCUT2D eigenvalue weighted by Crippen LogP contribution is -2.45. The normalized spacial score (nSPS) is 13.0. The SMILES string of the molecule is CCCCC[n+]1ccccc1.O=S(=O)(NS(=O)(=O)C(F)(F)F)C(F)(F)F. The lowest BCUT2D eigenvalue weighted by atomic mass is 10.2. The summed E-state index contributed by atoms with van der Waals surface area (Å²) in [7, 11) is -13.2. The van der Waals surface area contributed by atoms with Crippen LogP contribution in [0.2, 0.25) is 0 Å². The van der Waals surface area contributed by atoms with E-state index < -0.39 is 35.2 Å². The Hall–Kier alpha value is -1.41. The molecule has 1 aromatic heterocycles. The van der Waals surface area contributed by atoms with Gasteiger partial charge in [0, 0.05) is 18.6 Å². The lowest BCUT2D eigenvalue weighted by molar-refractivity contribution is -0.697. The summed E-state index contributed by atoms with van der Waals surface area (Å²) < 4.78 is 111. The van der Waals surface area contributed by atoms with Crippen LogP contribution in [0.4, 0.5) is 26.3 Å². The van der Waals surface area contributed by atoms with Crippen LogP contribution < -0.4 is 8.69 Å². The standard InChI is InChI=1S/C10H16N.C2HF6NO4S2/c1-2-3-5-8-11-9-6-4-7-10-11;3-1(4,5)14(10,11)9-15(12,13)2(6,7)8/h4,6-7,9-10H,2-3,5,8H2,1H3;9H/q+1;. The molecule has 0 aliphatic rings. The maximum absolute atomic E-state index is 11.5. The van der Waals surface area contributed by atoms with Crippen molar-refractivity contribution in [2.24, 2.45) is 0 Å². The smallest absolute Gasteiger partial charge is 0.205 e. The number of pyridine rings is 1. The van der Waals surface area contributed by atoms with Gasteiger partial charge in [0.25, 0.3) is 0 Å². The van der Waals surface area contributed by atoms with Crippen LogP contribution in [0.3, 0.4) is 0 Å². The molecule has 0 aliphatic heterocycles. The molecule has 26 heavy (non-hydrogen) atoms. The molecule has 1 rings (SSSR count). The molecular weight excluding hydrogens is 414 g/mol. The van der Waals surface area contributed by atoms with Gasteiger partial charge in [-0.25, -0.2) is 21.4 Å². The summed E-state index contributed by atoms with van der Waals surface area (Å²) in [6, 6.07) is 6.20. The minimum Gasteiger partial charge on any atom is -0.205 e. The Morgan fingerprint density at radius 1 is 0.808 bits per heavy atom. The number of rotatable bonds is 6. The number of nitrogens with zero attached hydrogens (tertiary/aromatic N) is 1. The topological polar surface area (TPSA) is 84.2 Å². The minimum absolute atomic E-state index is 0.493. The molecule has 6 nitrogen and oxygen atoms in total. The van der Waals surface area contributed by atoms with Crippen molar-refractivity contribution in [1.29, 1.82) is 0 Å². The van der Waals surface area contributed by atoms with Gasteiger partial charge in [-0.1, -0.05) is 23.5 Å². The molecule has 0 unspecified atom stereocenters. The van der Waals surface area contributed by atoms with Crippen molar-refractivity contribution in [1.82, 2.24) is 4.13 Å². The maximum Gasteiger partial charge on any atom is 0.512 e. The monoisotopic (exact) mass is 431 g/mol. The zero-order chi connectivity index (χ0) is 20.6. The zero-order valence-corrected chi connectivity index (χ0v) is 15.0. The Bertz CT molecular complexity index is 704. The number of halogens is 6. The van der Waals surface area contributed by atoms with Crippen LogP contribution >= 0.6 is 0 Å². The number of sulfonamides is 2. The Kier molecular flexibility index (Phi) is 8.99. The van der Waals surface area contributed by atoms with E-state index in [2.05, 4.69) is 42.1 Å². The second-order valence-electron chi connectivity index (χ2n) is 4.80. The molecule has 0 aromatic carbocycles. The molecule has 14 heteroatoms. The van der Waals surface area contributed by atoms with Crippen LogP contribution in [0.15, 0.2) is 30.6 Å². The van der Waals surface area contributed by atoms with E-state index in [-0.39, 0.29) is 0 Å². The third-order valence-corrected chi connectivity index (χ3v) is 5.60. The van der Waals surface area contributed by atoms with Crippen LogP contribution in [-0.2, 0) is 26.6 Å². The molecule has 0 amide bonds. The summed E-state index contributed by atoms with van der Waals surface area (Å²) >= 11 is 0.